The Morgan fingerprint density at radius 1 is 0.432 bits per heavy atom. The van der Waals surface area contributed by atoms with Gasteiger partial charge in [-0.15, -0.1) is 0 Å². The average molecular weight is 1100 g/mol. The summed E-state index contributed by atoms with van der Waals surface area (Å²) in [5.74, 6) is 4.23. The molecule has 12 rings (SSSR count). The molecule has 4 amide bonds. The fraction of sp³-hybridized carbons (Fsp3) is 0.508. The van der Waals surface area contributed by atoms with Gasteiger partial charge >= 0.3 is 0 Å². The number of carbonyl (C=O) groups is 4. The second kappa shape index (κ2) is 28.4. The Morgan fingerprint density at radius 3 is 1.05 bits per heavy atom. The van der Waals surface area contributed by atoms with Gasteiger partial charge in [-0.25, -0.2) is 0 Å². The van der Waals surface area contributed by atoms with E-state index in [1.165, 1.54) is 95.9 Å². The van der Waals surface area contributed by atoms with E-state index in [2.05, 4.69) is 114 Å². The van der Waals surface area contributed by atoms with Gasteiger partial charge in [0.1, 0.15) is 23.3 Å². The van der Waals surface area contributed by atoms with E-state index in [0.717, 1.165) is 131 Å². The van der Waals surface area contributed by atoms with Crippen LogP contribution in [-0.4, -0.2) is 126 Å². The summed E-state index contributed by atoms with van der Waals surface area (Å²) in [4.78, 5) is 74.2. The third kappa shape index (κ3) is 15.4. The number of hydrogen-bond acceptors (Lipinski definition) is 12. The standard InChI is InChI=1S/2C17H23N3O.C16H21N3O.C15H19N3O/c1-12(2)17(21)20(11-16-18-8-9-19-16)15-7-6-13-4-3-5-14(13)10-15;1-2-4-17(21)20(12-16-18-9-10-19-16)15-8-7-13-5-3-6-14(13)11-15;1-2-16(20)19(11-15-17-8-9-18-15)14-7-6-12-4-3-5-13(12)10-14;1-11(19)18(10-15-16-7-8-17-15)14-6-5-12-3-2-4-13(12)9-14/h6-7,10,12H,3-5,8-9,11H2,1-2H3,(H,18,19);7-8,11H,2-6,9-10,12H2,1H3,(H,18,19);6-7,10H,2-5,8-9,11H2,1H3,(H,17,18);5-6,9H,2-4,7-8,10H2,1H3,(H,16,17). The fourth-order valence-corrected chi connectivity index (χ4v) is 11.9. The van der Waals surface area contributed by atoms with E-state index < -0.39 is 0 Å². The predicted molar refractivity (Wildman–Crippen MR) is 330 cm³/mol. The lowest BCUT2D eigenvalue weighted by atomic mass is 10.1. The largest absolute Gasteiger partial charge is 0.370 e. The number of nitrogens with one attached hydrogen (secondary N) is 4. The first-order valence-corrected chi connectivity index (χ1v) is 30.2. The zero-order chi connectivity index (χ0) is 56.7. The molecule has 4 N–H and O–H groups in total. The van der Waals surface area contributed by atoms with Crippen LogP contribution in [0.2, 0.25) is 0 Å². The lowest BCUT2D eigenvalue weighted by Crippen LogP contribution is -2.41. The highest BCUT2D eigenvalue weighted by Gasteiger charge is 2.26. The molecule has 4 aliphatic heterocycles. The molecule has 0 aromatic heterocycles. The van der Waals surface area contributed by atoms with Crippen LogP contribution in [0.25, 0.3) is 0 Å². The van der Waals surface area contributed by atoms with Crippen molar-refractivity contribution in [1.82, 2.24) is 21.3 Å². The number of carbonyl (C=O) groups excluding carboxylic acids is 4. The minimum atomic E-state index is -0.0137. The number of fused-ring (bicyclic) bond motifs is 4. The monoisotopic (exact) mass is 1100 g/mol. The quantitative estimate of drug-likeness (QED) is 0.0874. The Labute approximate surface area is 480 Å². The summed E-state index contributed by atoms with van der Waals surface area (Å²) in [6.45, 7) is 18.5. The number of rotatable bonds is 16. The van der Waals surface area contributed by atoms with E-state index in [9.17, 15) is 19.2 Å². The SMILES string of the molecule is CC(=O)N(CC1=NCCN1)c1ccc2c(c1)CCC2.CC(C)C(=O)N(CC1=NCCN1)c1ccc2c(c1)CCC2.CCC(=O)N(CC1=NCCN1)c1ccc2c(c1)CCC2.CCCC(=O)N(CC1=NCCN1)c1ccc2c(c1)CCC2. The van der Waals surface area contributed by atoms with Crippen molar-refractivity contribution in [2.45, 2.75) is 131 Å². The van der Waals surface area contributed by atoms with Crippen molar-refractivity contribution >= 4 is 69.7 Å². The zero-order valence-electron chi connectivity index (χ0n) is 48.8. The molecule has 0 fully saturated rings. The summed E-state index contributed by atoms with van der Waals surface area (Å²) in [6, 6.07) is 25.8. The molecule has 4 aromatic carbocycles. The van der Waals surface area contributed by atoms with Crippen LogP contribution in [0.3, 0.4) is 0 Å². The number of aryl methyl sites for hydroxylation is 8. The average Bonchev–Trinajstić information content (AvgIpc) is 4.46. The number of amidine groups is 4. The van der Waals surface area contributed by atoms with Gasteiger partial charge < -0.3 is 40.9 Å². The first-order valence-electron chi connectivity index (χ1n) is 30.2. The summed E-state index contributed by atoms with van der Waals surface area (Å²) in [5, 5.41) is 13.0. The molecule has 81 heavy (non-hydrogen) atoms. The second-order valence-corrected chi connectivity index (χ2v) is 22.5. The number of benzene rings is 4. The number of hydrogen-bond donors (Lipinski definition) is 4. The van der Waals surface area contributed by atoms with Gasteiger partial charge in [-0.3, -0.25) is 39.1 Å². The molecule has 0 atom stereocenters. The summed E-state index contributed by atoms with van der Waals surface area (Å²) >= 11 is 0. The molecule has 0 radical (unpaired) electrons. The highest BCUT2D eigenvalue weighted by Crippen LogP contribution is 2.31. The molecule has 0 unspecified atom stereocenters. The Morgan fingerprint density at radius 2 is 0.741 bits per heavy atom. The van der Waals surface area contributed by atoms with Gasteiger partial charge in [0.15, 0.2) is 0 Å². The van der Waals surface area contributed by atoms with Crippen LogP contribution >= 0.6 is 0 Å². The number of aliphatic imine (C=N–C) groups is 4. The summed E-state index contributed by atoms with van der Waals surface area (Å²) in [5.41, 5.74) is 15.4. The van der Waals surface area contributed by atoms with Crippen molar-refractivity contribution < 1.29 is 19.2 Å². The van der Waals surface area contributed by atoms with Gasteiger partial charge in [-0.05, 0) is 177 Å². The lowest BCUT2D eigenvalue weighted by molar-refractivity contribution is -0.121. The summed E-state index contributed by atoms with van der Waals surface area (Å²) in [7, 11) is 0. The molecule has 8 aliphatic rings. The maximum absolute atomic E-state index is 12.6. The van der Waals surface area contributed by atoms with Crippen LogP contribution in [-0.2, 0) is 70.5 Å². The number of amides is 4. The van der Waals surface area contributed by atoms with Crippen LogP contribution < -0.4 is 40.9 Å². The van der Waals surface area contributed by atoms with Crippen molar-refractivity contribution in [1.29, 1.82) is 0 Å². The van der Waals surface area contributed by atoms with Crippen LogP contribution in [0.1, 0.15) is 124 Å². The second-order valence-electron chi connectivity index (χ2n) is 22.5. The van der Waals surface area contributed by atoms with E-state index in [1.807, 2.05) is 42.4 Å². The molecule has 4 heterocycles. The van der Waals surface area contributed by atoms with Crippen LogP contribution in [0, 0.1) is 5.92 Å². The number of anilines is 4. The first-order chi connectivity index (χ1) is 39.4. The molecule has 16 nitrogen and oxygen atoms in total. The lowest BCUT2D eigenvalue weighted by Gasteiger charge is -2.25. The maximum Gasteiger partial charge on any atom is 0.229 e. The molecular weight excluding hydrogens is 1010 g/mol. The van der Waals surface area contributed by atoms with Crippen LogP contribution in [0.15, 0.2) is 92.8 Å². The molecule has 430 valence electrons. The molecule has 0 spiro atoms. The van der Waals surface area contributed by atoms with Crippen LogP contribution in [0.4, 0.5) is 22.7 Å². The molecule has 0 bridgehead atoms. The van der Waals surface area contributed by atoms with Crippen molar-refractivity contribution in [3.05, 3.63) is 117 Å². The molecular formula is C65H86N12O4. The Kier molecular flexibility index (Phi) is 20.4. The minimum absolute atomic E-state index is 0.0137. The van der Waals surface area contributed by atoms with Gasteiger partial charge in [0.05, 0.1) is 52.4 Å². The van der Waals surface area contributed by atoms with Crippen molar-refractivity contribution in [3.8, 4) is 0 Å². The van der Waals surface area contributed by atoms with Gasteiger partial charge in [0, 0.05) is 74.6 Å². The third-order valence-corrected chi connectivity index (χ3v) is 16.3. The molecule has 4 aliphatic carbocycles. The van der Waals surface area contributed by atoms with Gasteiger partial charge in [-0.2, -0.15) is 0 Å². The van der Waals surface area contributed by atoms with E-state index in [-0.39, 0.29) is 29.5 Å². The van der Waals surface area contributed by atoms with Gasteiger partial charge in [0.2, 0.25) is 23.6 Å². The smallest absolute Gasteiger partial charge is 0.229 e. The zero-order valence-corrected chi connectivity index (χ0v) is 48.8. The molecule has 4 aromatic rings. The number of nitrogens with zero attached hydrogens (tertiary/aromatic N) is 8. The van der Waals surface area contributed by atoms with Crippen molar-refractivity contribution in [3.63, 3.8) is 0 Å². The van der Waals surface area contributed by atoms with E-state index in [1.54, 1.807) is 11.8 Å². The van der Waals surface area contributed by atoms with Gasteiger partial charge in [0.25, 0.3) is 0 Å². The normalized spacial score (nSPS) is 16.6. The molecule has 0 saturated heterocycles. The Hall–Kier alpha value is -7.36. The van der Waals surface area contributed by atoms with Crippen LogP contribution in [0.5, 0.6) is 0 Å². The molecule has 0 saturated carbocycles. The van der Waals surface area contributed by atoms with Gasteiger partial charge in [-0.1, -0.05) is 52.0 Å². The topological polar surface area (TPSA) is 179 Å². The highest BCUT2D eigenvalue weighted by molar-refractivity contribution is 6.03. The first kappa shape index (κ1) is 58.3. The Balaban J connectivity index is 0.000000130. The Bertz CT molecular complexity index is 3030. The van der Waals surface area contributed by atoms with Crippen molar-refractivity contribution in [2.75, 3.05) is 98.1 Å². The van der Waals surface area contributed by atoms with Crippen molar-refractivity contribution in [2.24, 2.45) is 25.9 Å². The van der Waals surface area contributed by atoms with E-state index in [4.69, 9.17) is 0 Å². The fourth-order valence-electron chi connectivity index (χ4n) is 11.9. The maximum atomic E-state index is 12.6. The summed E-state index contributed by atoms with van der Waals surface area (Å²) < 4.78 is 0. The minimum Gasteiger partial charge on any atom is -0.370 e. The molecule has 16 heteroatoms. The third-order valence-electron chi connectivity index (χ3n) is 16.3. The predicted octanol–water partition coefficient (Wildman–Crippen LogP) is 7.93. The van der Waals surface area contributed by atoms with E-state index in [0.29, 0.717) is 39.0 Å². The highest BCUT2D eigenvalue weighted by atomic mass is 16.2. The summed E-state index contributed by atoms with van der Waals surface area (Å²) in [6.07, 6.45) is 16.1. The van der Waals surface area contributed by atoms with E-state index >= 15 is 0 Å².